The number of imide groups is 1. The summed E-state index contributed by atoms with van der Waals surface area (Å²) in [6.45, 7) is 2.39. The largest absolute Gasteiger partial charge is 0.352 e. The molecule has 0 aromatic heterocycles. The molecule has 1 heterocycles. The lowest BCUT2D eigenvalue weighted by Crippen LogP contribution is -2.30. The number of fused-ring (bicyclic) bond motifs is 1. The van der Waals surface area contributed by atoms with Gasteiger partial charge in [0.2, 0.25) is 0 Å². The van der Waals surface area contributed by atoms with Gasteiger partial charge in [0, 0.05) is 12.1 Å². The standard InChI is InChI=1S/C30H24N2O3/c1-20-10-9-16-23(27(20)28(33)31-19-18-21-11-3-2-4-12-21)22-13-7-8-17-26(22)32-29(34)24-14-5-6-15-25(24)30(32)35/h2-17H,18-19H2,1H3,(H,31,33). The van der Waals surface area contributed by atoms with E-state index in [1.807, 2.05) is 67.6 Å². The van der Waals surface area contributed by atoms with Crippen LogP contribution in [-0.4, -0.2) is 24.3 Å². The summed E-state index contributed by atoms with van der Waals surface area (Å²) in [6, 6.07) is 29.7. The molecule has 172 valence electrons. The Labute approximate surface area is 204 Å². The number of amides is 3. The predicted octanol–water partition coefficient (Wildman–Crippen LogP) is 5.44. The van der Waals surface area contributed by atoms with Crippen molar-refractivity contribution in [3.8, 4) is 11.1 Å². The molecular formula is C30H24N2O3. The highest BCUT2D eigenvalue weighted by atomic mass is 16.2. The summed E-state index contributed by atoms with van der Waals surface area (Å²) in [7, 11) is 0. The second-order valence-corrected chi connectivity index (χ2v) is 8.50. The van der Waals surface area contributed by atoms with Crippen LogP contribution >= 0.6 is 0 Å². The molecule has 0 bridgehead atoms. The average Bonchev–Trinajstić information content (AvgIpc) is 3.14. The Balaban J connectivity index is 1.49. The van der Waals surface area contributed by atoms with Gasteiger partial charge in [-0.15, -0.1) is 0 Å². The third kappa shape index (κ3) is 4.13. The van der Waals surface area contributed by atoms with E-state index in [1.54, 1.807) is 36.4 Å². The van der Waals surface area contributed by atoms with Gasteiger partial charge in [-0.3, -0.25) is 14.4 Å². The fourth-order valence-electron chi connectivity index (χ4n) is 4.55. The third-order valence-electron chi connectivity index (χ3n) is 6.27. The average molecular weight is 461 g/mol. The minimum atomic E-state index is -0.362. The van der Waals surface area contributed by atoms with Gasteiger partial charge in [-0.05, 0) is 48.2 Å². The summed E-state index contributed by atoms with van der Waals surface area (Å²) in [5.74, 6) is -0.912. The van der Waals surface area contributed by atoms with Crippen LogP contribution < -0.4 is 10.2 Å². The minimum Gasteiger partial charge on any atom is -0.352 e. The Hall–Kier alpha value is -4.51. The van der Waals surface area contributed by atoms with E-state index < -0.39 is 0 Å². The van der Waals surface area contributed by atoms with Gasteiger partial charge in [0.25, 0.3) is 17.7 Å². The van der Waals surface area contributed by atoms with Crippen LogP contribution in [0.4, 0.5) is 5.69 Å². The van der Waals surface area contributed by atoms with Gasteiger partial charge in [-0.1, -0.05) is 78.9 Å². The predicted molar refractivity (Wildman–Crippen MR) is 137 cm³/mol. The number of rotatable bonds is 6. The Kier molecular flexibility index (Phi) is 5.98. The fraction of sp³-hybridized carbons (Fsp3) is 0.100. The maximum Gasteiger partial charge on any atom is 0.266 e. The molecule has 4 aromatic rings. The Morgan fingerprint density at radius 3 is 1.94 bits per heavy atom. The molecule has 35 heavy (non-hydrogen) atoms. The van der Waals surface area contributed by atoms with Crippen molar-refractivity contribution in [1.29, 1.82) is 0 Å². The molecule has 1 aliphatic rings. The Morgan fingerprint density at radius 1 is 0.686 bits per heavy atom. The molecule has 1 aliphatic heterocycles. The third-order valence-corrected chi connectivity index (χ3v) is 6.27. The Morgan fingerprint density at radius 2 is 1.26 bits per heavy atom. The molecule has 5 heteroatoms. The lowest BCUT2D eigenvalue weighted by atomic mass is 9.93. The zero-order valence-corrected chi connectivity index (χ0v) is 19.3. The van der Waals surface area contributed by atoms with E-state index >= 15 is 0 Å². The zero-order chi connectivity index (χ0) is 24.4. The number of carbonyl (C=O) groups is 3. The van der Waals surface area contributed by atoms with Crippen LogP contribution in [0.1, 0.15) is 42.2 Å². The summed E-state index contributed by atoms with van der Waals surface area (Å²) in [6.07, 6.45) is 0.722. The lowest BCUT2D eigenvalue weighted by molar-refractivity contribution is 0.0922. The van der Waals surface area contributed by atoms with E-state index in [0.29, 0.717) is 40.0 Å². The molecule has 1 N–H and O–H groups in total. The molecule has 0 atom stereocenters. The van der Waals surface area contributed by atoms with E-state index in [9.17, 15) is 14.4 Å². The van der Waals surface area contributed by atoms with Gasteiger partial charge in [-0.25, -0.2) is 4.90 Å². The van der Waals surface area contributed by atoms with Crippen molar-refractivity contribution in [3.63, 3.8) is 0 Å². The van der Waals surface area contributed by atoms with Crippen molar-refractivity contribution < 1.29 is 14.4 Å². The van der Waals surface area contributed by atoms with E-state index in [1.165, 1.54) is 4.90 Å². The lowest BCUT2D eigenvalue weighted by Gasteiger charge is -2.20. The number of aryl methyl sites for hydroxylation is 1. The monoisotopic (exact) mass is 460 g/mol. The van der Waals surface area contributed by atoms with Crippen molar-refractivity contribution >= 4 is 23.4 Å². The number of hydrogen-bond donors (Lipinski definition) is 1. The van der Waals surface area contributed by atoms with Crippen LogP contribution in [0, 0.1) is 6.92 Å². The SMILES string of the molecule is Cc1cccc(-c2ccccc2N2C(=O)c3ccccc3C2=O)c1C(=O)NCCc1ccccc1. The first-order valence-electron chi connectivity index (χ1n) is 11.5. The molecular weight excluding hydrogens is 436 g/mol. The molecule has 3 amide bonds. The van der Waals surface area contributed by atoms with Crippen molar-refractivity contribution in [3.05, 3.63) is 125 Å². The molecule has 0 saturated heterocycles. The second kappa shape index (κ2) is 9.39. The number of nitrogens with zero attached hydrogens (tertiary/aromatic N) is 1. The number of para-hydroxylation sites is 1. The zero-order valence-electron chi connectivity index (χ0n) is 19.3. The number of benzene rings is 4. The summed E-state index contributed by atoms with van der Waals surface area (Å²) in [5.41, 5.74) is 5.05. The van der Waals surface area contributed by atoms with Gasteiger partial charge in [0.05, 0.1) is 22.4 Å². The highest BCUT2D eigenvalue weighted by Gasteiger charge is 2.37. The summed E-state index contributed by atoms with van der Waals surface area (Å²) >= 11 is 0. The highest BCUT2D eigenvalue weighted by molar-refractivity contribution is 6.35. The van der Waals surface area contributed by atoms with Crippen molar-refractivity contribution in [2.45, 2.75) is 13.3 Å². The maximum absolute atomic E-state index is 13.3. The molecule has 0 fully saturated rings. The molecule has 5 nitrogen and oxygen atoms in total. The van der Waals surface area contributed by atoms with Crippen LogP contribution in [0.2, 0.25) is 0 Å². The molecule has 0 spiro atoms. The van der Waals surface area contributed by atoms with Crippen molar-refractivity contribution in [2.75, 3.05) is 11.4 Å². The van der Waals surface area contributed by atoms with E-state index in [4.69, 9.17) is 0 Å². The topological polar surface area (TPSA) is 66.5 Å². The first kappa shape index (κ1) is 22.3. The second-order valence-electron chi connectivity index (χ2n) is 8.50. The van der Waals surface area contributed by atoms with Crippen LogP contribution in [0.25, 0.3) is 11.1 Å². The first-order chi connectivity index (χ1) is 17.1. The quantitative estimate of drug-likeness (QED) is 0.390. The van der Waals surface area contributed by atoms with Crippen LogP contribution in [-0.2, 0) is 6.42 Å². The van der Waals surface area contributed by atoms with Gasteiger partial charge in [0.1, 0.15) is 0 Å². The minimum absolute atomic E-state index is 0.189. The van der Waals surface area contributed by atoms with E-state index in [0.717, 1.165) is 17.5 Å². The summed E-state index contributed by atoms with van der Waals surface area (Å²) in [4.78, 5) is 40.9. The molecule has 0 saturated carbocycles. The normalized spacial score (nSPS) is 12.5. The van der Waals surface area contributed by atoms with Crippen molar-refractivity contribution in [2.24, 2.45) is 0 Å². The Bertz CT molecular complexity index is 1410. The number of nitrogens with one attached hydrogen (secondary N) is 1. The smallest absolute Gasteiger partial charge is 0.266 e. The molecule has 4 aromatic carbocycles. The van der Waals surface area contributed by atoms with Gasteiger partial charge >= 0.3 is 0 Å². The molecule has 0 aliphatic carbocycles. The fourth-order valence-corrected chi connectivity index (χ4v) is 4.55. The maximum atomic E-state index is 13.3. The van der Waals surface area contributed by atoms with Crippen LogP contribution in [0.3, 0.4) is 0 Å². The van der Waals surface area contributed by atoms with E-state index in [2.05, 4.69) is 5.32 Å². The highest BCUT2D eigenvalue weighted by Crippen LogP contribution is 2.38. The first-order valence-corrected chi connectivity index (χ1v) is 11.5. The molecule has 0 unspecified atom stereocenters. The van der Waals surface area contributed by atoms with Crippen molar-refractivity contribution in [1.82, 2.24) is 5.32 Å². The number of carbonyl (C=O) groups excluding carboxylic acids is 3. The molecule has 0 radical (unpaired) electrons. The summed E-state index contributed by atoms with van der Waals surface area (Å²) < 4.78 is 0. The van der Waals surface area contributed by atoms with Crippen LogP contribution in [0.15, 0.2) is 97.1 Å². The van der Waals surface area contributed by atoms with Gasteiger partial charge < -0.3 is 5.32 Å². The molecule has 5 rings (SSSR count). The summed E-state index contributed by atoms with van der Waals surface area (Å²) in [5, 5.41) is 3.03. The number of hydrogen-bond acceptors (Lipinski definition) is 3. The van der Waals surface area contributed by atoms with Gasteiger partial charge in [-0.2, -0.15) is 0 Å². The van der Waals surface area contributed by atoms with Gasteiger partial charge in [0.15, 0.2) is 0 Å². The number of anilines is 1. The van der Waals surface area contributed by atoms with E-state index in [-0.39, 0.29) is 17.7 Å². The van der Waals surface area contributed by atoms with Crippen LogP contribution in [0.5, 0.6) is 0 Å².